The number of aliphatic hydroxyl groups excluding tert-OH is 3. The lowest BCUT2D eigenvalue weighted by Crippen LogP contribution is -2.38. The molecule has 1 saturated carbocycles. The summed E-state index contributed by atoms with van der Waals surface area (Å²) in [7, 11) is 0. The molecule has 1 saturated heterocycles. The molecule has 10 heavy (non-hydrogen) atoms. The van der Waals surface area contributed by atoms with Crippen molar-refractivity contribution >= 4 is 0 Å². The average molecular weight is 148 g/mol. The highest BCUT2D eigenvalue weighted by molar-refractivity contribution is 5.23. The third kappa shape index (κ3) is 0.467. The summed E-state index contributed by atoms with van der Waals surface area (Å²) in [6.07, 6.45) is -4.60. The van der Waals surface area contributed by atoms with Gasteiger partial charge in [-0.2, -0.15) is 0 Å². The van der Waals surface area contributed by atoms with Crippen LogP contribution < -0.4 is 0 Å². The Labute approximate surface area is 56.5 Å². The normalized spacial score (nSPS) is 66.0. The molecule has 2 fully saturated rings. The van der Waals surface area contributed by atoms with Gasteiger partial charge in [-0.1, -0.05) is 0 Å². The molecule has 1 aliphatic carbocycles. The second kappa shape index (κ2) is 1.51. The van der Waals surface area contributed by atoms with Gasteiger partial charge in [-0.15, -0.1) is 0 Å². The average Bonchev–Trinajstić information content (AvgIpc) is 2.29. The third-order valence-corrected chi connectivity index (χ3v) is 2.14. The van der Waals surface area contributed by atoms with Gasteiger partial charge in [0.25, 0.3) is 0 Å². The molecule has 0 spiro atoms. The summed E-state index contributed by atoms with van der Waals surface area (Å²) >= 11 is 0. The SMILES string of the molecule is OC1OC2C(O)C2(O)C1O. The lowest BCUT2D eigenvalue weighted by molar-refractivity contribution is -0.160. The van der Waals surface area contributed by atoms with Gasteiger partial charge in [-0.25, -0.2) is 0 Å². The molecule has 5 heteroatoms. The van der Waals surface area contributed by atoms with Crippen LogP contribution in [0.5, 0.6) is 0 Å². The quantitative estimate of drug-likeness (QED) is 0.297. The number of hydrogen-bond acceptors (Lipinski definition) is 5. The third-order valence-electron chi connectivity index (χ3n) is 2.14. The van der Waals surface area contributed by atoms with Gasteiger partial charge >= 0.3 is 0 Å². The molecule has 0 aromatic carbocycles. The van der Waals surface area contributed by atoms with Crippen molar-refractivity contribution in [3.05, 3.63) is 0 Å². The topological polar surface area (TPSA) is 90.2 Å². The van der Waals surface area contributed by atoms with Crippen molar-refractivity contribution in [2.75, 3.05) is 0 Å². The van der Waals surface area contributed by atoms with E-state index in [-0.39, 0.29) is 0 Å². The van der Waals surface area contributed by atoms with Gasteiger partial charge in [0, 0.05) is 0 Å². The van der Waals surface area contributed by atoms with Crippen LogP contribution in [0.25, 0.3) is 0 Å². The van der Waals surface area contributed by atoms with Crippen molar-refractivity contribution in [2.45, 2.75) is 30.2 Å². The fourth-order valence-corrected chi connectivity index (χ4v) is 1.32. The van der Waals surface area contributed by atoms with E-state index in [1.54, 1.807) is 0 Å². The first kappa shape index (κ1) is 6.51. The molecule has 5 nitrogen and oxygen atoms in total. The smallest absolute Gasteiger partial charge is 0.184 e. The number of hydrogen-bond donors (Lipinski definition) is 4. The van der Waals surface area contributed by atoms with Crippen LogP contribution in [0.3, 0.4) is 0 Å². The Morgan fingerprint density at radius 3 is 2.00 bits per heavy atom. The predicted octanol–water partition coefficient (Wildman–Crippen LogP) is -2.83. The zero-order chi connectivity index (χ0) is 7.52. The highest BCUT2D eigenvalue weighted by atomic mass is 16.7. The molecule has 5 atom stereocenters. The van der Waals surface area contributed by atoms with E-state index in [2.05, 4.69) is 4.74 Å². The maximum atomic E-state index is 9.19. The Bertz CT molecular complexity index is 171. The fraction of sp³-hybridized carbons (Fsp3) is 1.00. The van der Waals surface area contributed by atoms with Crippen LogP contribution in [0, 0.1) is 0 Å². The summed E-state index contributed by atoms with van der Waals surface area (Å²) in [5.74, 6) is 0. The fourth-order valence-electron chi connectivity index (χ4n) is 1.32. The van der Waals surface area contributed by atoms with Gasteiger partial charge in [-0.3, -0.25) is 0 Å². The van der Waals surface area contributed by atoms with Gasteiger partial charge in [0.1, 0.15) is 18.3 Å². The minimum Gasteiger partial charge on any atom is -0.387 e. The molecular weight excluding hydrogens is 140 g/mol. The molecule has 1 heterocycles. The molecule has 2 rings (SSSR count). The van der Waals surface area contributed by atoms with Crippen molar-refractivity contribution in [3.8, 4) is 0 Å². The van der Waals surface area contributed by atoms with E-state index < -0.39 is 30.2 Å². The second-order valence-electron chi connectivity index (χ2n) is 2.72. The Kier molecular flexibility index (Phi) is 0.986. The van der Waals surface area contributed by atoms with E-state index in [0.717, 1.165) is 0 Å². The Morgan fingerprint density at radius 1 is 1.10 bits per heavy atom. The number of rotatable bonds is 0. The summed E-state index contributed by atoms with van der Waals surface area (Å²) < 4.78 is 4.57. The molecule has 1 aliphatic heterocycles. The van der Waals surface area contributed by atoms with Gasteiger partial charge in [0.15, 0.2) is 11.9 Å². The lowest BCUT2D eigenvalue weighted by Gasteiger charge is -2.14. The largest absolute Gasteiger partial charge is 0.387 e. The molecular formula is C5H8O5. The van der Waals surface area contributed by atoms with Crippen molar-refractivity contribution in [1.82, 2.24) is 0 Å². The summed E-state index contributed by atoms with van der Waals surface area (Å²) in [5.41, 5.74) is -1.61. The first-order valence-corrected chi connectivity index (χ1v) is 3.00. The van der Waals surface area contributed by atoms with E-state index in [0.29, 0.717) is 0 Å². The molecule has 0 amide bonds. The van der Waals surface area contributed by atoms with Crippen molar-refractivity contribution in [2.24, 2.45) is 0 Å². The molecule has 0 aromatic rings. The number of aliphatic hydroxyl groups is 4. The van der Waals surface area contributed by atoms with E-state index in [1.807, 2.05) is 0 Å². The predicted molar refractivity (Wildman–Crippen MR) is 27.8 cm³/mol. The number of ether oxygens (including phenoxy) is 1. The first-order valence-electron chi connectivity index (χ1n) is 3.00. The molecule has 58 valence electrons. The summed E-state index contributed by atoms with van der Waals surface area (Å²) in [5, 5.41) is 35.7. The summed E-state index contributed by atoms with van der Waals surface area (Å²) in [6.45, 7) is 0. The van der Waals surface area contributed by atoms with Crippen LogP contribution in [0.15, 0.2) is 0 Å². The maximum Gasteiger partial charge on any atom is 0.184 e. The van der Waals surface area contributed by atoms with Crippen LogP contribution >= 0.6 is 0 Å². The molecule has 5 unspecified atom stereocenters. The first-order chi connectivity index (χ1) is 4.58. The van der Waals surface area contributed by atoms with Crippen molar-refractivity contribution < 1.29 is 25.2 Å². The van der Waals surface area contributed by atoms with Crippen LogP contribution in [0.1, 0.15) is 0 Å². The molecule has 0 bridgehead atoms. The Morgan fingerprint density at radius 2 is 1.70 bits per heavy atom. The Hall–Kier alpha value is -0.200. The van der Waals surface area contributed by atoms with Crippen LogP contribution in [-0.2, 0) is 4.74 Å². The van der Waals surface area contributed by atoms with Crippen LogP contribution in [0.4, 0.5) is 0 Å². The lowest BCUT2D eigenvalue weighted by atomic mass is 10.2. The summed E-state index contributed by atoms with van der Waals surface area (Å²) in [6, 6.07) is 0. The van der Waals surface area contributed by atoms with Crippen molar-refractivity contribution in [1.29, 1.82) is 0 Å². The van der Waals surface area contributed by atoms with Crippen molar-refractivity contribution in [3.63, 3.8) is 0 Å². The van der Waals surface area contributed by atoms with E-state index in [1.165, 1.54) is 0 Å². The van der Waals surface area contributed by atoms with E-state index in [4.69, 9.17) is 15.3 Å². The number of fused-ring (bicyclic) bond motifs is 1. The van der Waals surface area contributed by atoms with Gasteiger partial charge in [0.05, 0.1) is 0 Å². The van der Waals surface area contributed by atoms with E-state index >= 15 is 0 Å². The minimum absolute atomic E-state index is 0.808. The van der Waals surface area contributed by atoms with Crippen LogP contribution in [-0.4, -0.2) is 50.6 Å². The maximum absolute atomic E-state index is 9.19. The van der Waals surface area contributed by atoms with Gasteiger partial charge < -0.3 is 25.2 Å². The highest BCUT2D eigenvalue weighted by Crippen LogP contribution is 2.49. The Balaban J connectivity index is 2.20. The second-order valence-corrected chi connectivity index (χ2v) is 2.72. The highest BCUT2D eigenvalue weighted by Gasteiger charge is 2.76. The molecule has 0 radical (unpaired) electrons. The summed E-state index contributed by atoms with van der Waals surface area (Å²) in [4.78, 5) is 0. The van der Waals surface area contributed by atoms with Crippen LogP contribution in [0.2, 0.25) is 0 Å². The minimum atomic E-state index is -1.61. The standard InChI is InChI=1S/C5H8O5/c6-1-3-5(1,9)2(7)4(8)10-3/h1-4,6-9H. The zero-order valence-corrected chi connectivity index (χ0v) is 5.01. The zero-order valence-electron chi connectivity index (χ0n) is 5.01. The molecule has 0 aromatic heterocycles. The van der Waals surface area contributed by atoms with Gasteiger partial charge in [0.2, 0.25) is 0 Å². The molecule has 4 N–H and O–H groups in total. The van der Waals surface area contributed by atoms with E-state index in [9.17, 15) is 5.11 Å². The van der Waals surface area contributed by atoms with Gasteiger partial charge in [-0.05, 0) is 0 Å². The molecule has 2 aliphatic rings. The monoisotopic (exact) mass is 148 g/mol.